The average Bonchev–Trinajstić information content (AvgIpc) is 1.94. The fraction of sp³-hybridized carbons (Fsp3) is 0.333. The smallest absolute Gasteiger partial charge is 0.295 e. The third-order valence-corrected chi connectivity index (χ3v) is 1.23. The highest BCUT2D eigenvalue weighted by Gasteiger charge is 2.04. The first-order valence-corrected chi connectivity index (χ1v) is 3.17. The Hall–Kier alpha value is -1.46. The van der Waals surface area contributed by atoms with Gasteiger partial charge >= 0.3 is 5.69 Å². The van der Waals surface area contributed by atoms with Crippen molar-refractivity contribution in [2.75, 3.05) is 0 Å². The Morgan fingerprint density at radius 2 is 2.17 bits per heavy atom. The minimum atomic E-state index is -2.60. The second-order valence-corrected chi connectivity index (χ2v) is 2.15. The molecule has 4 nitrogen and oxygen atoms in total. The van der Waals surface area contributed by atoms with E-state index in [1.54, 1.807) is 0 Å². The predicted molar refractivity (Wildman–Crippen MR) is 37.3 cm³/mol. The van der Waals surface area contributed by atoms with Crippen LogP contribution in [0.1, 0.15) is 0 Å². The van der Waals surface area contributed by atoms with Crippen molar-refractivity contribution in [3.8, 4) is 0 Å². The summed E-state index contributed by atoms with van der Waals surface area (Å²) in [5.74, 6) is 0. The summed E-state index contributed by atoms with van der Waals surface area (Å²) < 4.78 is 24.2. The predicted octanol–water partition coefficient (Wildman–Crippen LogP) is -0.198. The molecule has 1 rings (SSSR count). The number of rotatable bonds is 2. The molecule has 1 aromatic rings. The van der Waals surface area contributed by atoms with E-state index >= 15 is 0 Å². The topological polar surface area (TPSA) is 54.9 Å². The van der Waals surface area contributed by atoms with E-state index in [1.165, 1.54) is 0 Å². The molecule has 0 aromatic carbocycles. The highest BCUT2D eigenvalue weighted by molar-refractivity contribution is 4.82. The second kappa shape index (κ2) is 3.29. The summed E-state index contributed by atoms with van der Waals surface area (Å²) >= 11 is 0. The summed E-state index contributed by atoms with van der Waals surface area (Å²) in [5.41, 5.74) is -1.41. The second-order valence-electron chi connectivity index (χ2n) is 2.15. The molecule has 0 fully saturated rings. The molecule has 0 saturated carbocycles. The molecular weight excluding hydrogens is 170 g/mol. The molecule has 12 heavy (non-hydrogen) atoms. The number of aromatic nitrogens is 2. The molecule has 66 valence electrons. The summed E-state index contributed by atoms with van der Waals surface area (Å²) in [7, 11) is 0. The van der Waals surface area contributed by atoms with Crippen LogP contribution in [0, 0.1) is 0 Å². The lowest BCUT2D eigenvalue weighted by atomic mass is 10.6. The maximum atomic E-state index is 11.7. The normalized spacial score (nSPS) is 10.6. The highest BCUT2D eigenvalue weighted by Crippen LogP contribution is 1.93. The quantitative estimate of drug-likeness (QED) is 0.678. The monoisotopic (exact) mass is 176 g/mol. The van der Waals surface area contributed by atoms with Gasteiger partial charge in [-0.05, 0) is 0 Å². The fourth-order valence-corrected chi connectivity index (χ4v) is 0.737. The Morgan fingerprint density at radius 1 is 1.50 bits per heavy atom. The number of alkyl halides is 2. The van der Waals surface area contributed by atoms with Gasteiger partial charge in [-0.25, -0.2) is 13.6 Å². The van der Waals surface area contributed by atoms with Gasteiger partial charge in [0, 0.05) is 12.3 Å². The number of halogens is 2. The lowest BCUT2D eigenvalue weighted by molar-refractivity contribution is 0.124. The molecule has 0 unspecified atom stereocenters. The van der Waals surface area contributed by atoms with Crippen molar-refractivity contribution in [1.29, 1.82) is 0 Å². The van der Waals surface area contributed by atoms with Gasteiger partial charge in [0.1, 0.15) is 0 Å². The summed E-state index contributed by atoms with van der Waals surface area (Å²) in [5, 5.41) is 0. The molecule has 1 heterocycles. The van der Waals surface area contributed by atoms with E-state index < -0.39 is 24.2 Å². The van der Waals surface area contributed by atoms with E-state index in [0.29, 0.717) is 0 Å². The van der Waals surface area contributed by atoms with Gasteiger partial charge in [0.2, 0.25) is 0 Å². The van der Waals surface area contributed by atoms with E-state index in [0.717, 1.165) is 16.8 Å². The molecule has 0 bridgehead atoms. The van der Waals surface area contributed by atoms with Crippen LogP contribution < -0.4 is 11.2 Å². The zero-order chi connectivity index (χ0) is 9.14. The minimum Gasteiger partial charge on any atom is -0.295 e. The molecule has 0 aliphatic carbocycles. The van der Waals surface area contributed by atoms with Crippen molar-refractivity contribution in [2.45, 2.75) is 13.0 Å². The Kier molecular flexibility index (Phi) is 2.37. The van der Waals surface area contributed by atoms with Crippen LogP contribution in [0.4, 0.5) is 8.78 Å². The standard InChI is InChI=1S/C6H6F2N2O2/c7-4(8)3-10-2-1-5(11)9-6(10)12/h1-2,4H,3H2,(H,9,11,12). The van der Waals surface area contributed by atoms with Crippen molar-refractivity contribution < 1.29 is 8.78 Å². The minimum absolute atomic E-state index is 0.592. The molecule has 1 aromatic heterocycles. The van der Waals surface area contributed by atoms with Gasteiger partial charge in [0.05, 0.1) is 6.54 Å². The van der Waals surface area contributed by atoms with Crippen molar-refractivity contribution in [3.63, 3.8) is 0 Å². The molecule has 0 radical (unpaired) electrons. The zero-order valence-corrected chi connectivity index (χ0v) is 5.96. The van der Waals surface area contributed by atoms with Crippen molar-refractivity contribution in [2.24, 2.45) is 0 Å². The highest BCUT2D eigenvalue weighted by atomic mass is 19.3. The van der Waals surface area contributed by atoms with Crippen LogP contribution in [0.2, 0.25) is 0 Å². The third-order valence-electron chi connectivity index (χ3n) is 1.23. The van der Waals surface area contributed by atoms with Crippen LogP contribution in [0.5, 0.6) is 0 Å². The van der Waals surface area contributed by atoms with Gasteiger partial charge in [-0.15, -0.1) is 0 Å². The molecule has 0 aliphatic rings. The first-order chi connectivity index (χ1) is 5.59. The van der Waals surface area contributed by atoms with Gasteiger partial charge in [-0.3, -0.25) is 14.3 Å². The summed E-state index contributed by atoms with van der Waals surface area (Å²) in [4.78, 5) is 23.1. The number of hydrogen-bond acceptors (Lipinski definition) is 2. The van der Waals surface area contributed by atoms with Gasteiger partial charge in [0.25, 0.3) is 12.0 Å². The molecule has 0 spiro atoms. The van der Waals surface area contributed by atoms with E-state index in [9.17, 15) is 18.4 Å². The fourth-order valence-electron chi connectivity index (χ4n) is 0.737. The lowest BCUT2D eigenvalue weighted by Gasteiger charge is -2.01. The Morgan fingerprint density at radius 3 is 2.67 bits per heavy atom. The number of nitrogens with one attached hydrogen (secondary N) is 1. The van der Waals surface area contributed by atoms with Gasteiger partial charge in [-0.2, -0.15) is 0 Å². The van der Waals surface area contributed by atoms with E-state index in [1.807, 2.05) is 4.98 Å². The number of aromatic amines is 1. The van der Waals surface area contributed by atoms with Crippen molar-refractivity contribution >= 4 is 0 Å². The third kappa shape index (κ3) is 2.01. The summed E-state index contributed by atoms with van der Waals surface area (Å²) in [6, 6.07) is 1.02. The largest absolute Gasteiger partial charge is 0.328 e. The molecule has 0 aliphatic heterocycles. The molecule has 0 atom stereocenters. The Labute approximate surface area is 65.5 Å². The van der Waals surface area contributed by atoms with E-state index in [4.69, 9.17) is 0 Å². The SMILES string of the molecule is O=c1ccn(CC(F)F)c(=O)[nH]1. The van der Waals surface area contributed by atoms with Crippen LogP contribution in [0.15, 0.2) is 21.9 Å². The van der Waals surface area contributed by atoms with Gasteiger partial charge in [-0.1, -0.05) is 0 Å². The molecule has 0 saturated heterocycles. The molecular formula is C6H6F2N2O2. The Balaban J connectivity index is 3.02. The maximum Gasteiger partial charge on any atom is 0.328 e. The maximum absolute atomic E-state index is 11.7. The van der Waals surface area contributed by atoms with Gasteiger partial charge in [0.15, 0.2) is 0 Å². The van der Waals surface area contributed by atoms with Crippen LogP contribution in [0.3, 0.4) is 0 Å². The molecule has 0 amide bonds. The summed E-state index contributed by atoms with van der Waals surface area (Å²) in [6.45, 7) is -0.699. The average molecular weight is 176 g/mol. The van der Waals surface area contributed by atoms with Crippen LogP contribution in [0.25, 0.3) is 0 Å². The number of hydrogen-bond donors (Lipinski definition) is 1. The number of H-pyrrole nitrogens is 1. The van der Waals surface area contributed by atoms with Crippen molar-refractivity contribution in [1.82, 2.24) is 9.55 Å². The van der Waals surface area contributed by atoms with E-state index in [2.05, 4.69) is 0 Å². The molecule has 1 N–H and O–H groups in total. The van der Waals surface area contributed by atoms with Gasteiger partial charge < -0.3 is 0 Å². The summed E-state index contributed by atoms with van der Waals surface area (Å²) in [6.07, 6.45) is -1.57. The van der Waals surface area contributed by atoms with Crippen molar-refractivity contribution in [3.05, 3.63) is 33.1 Å². The van der Waals surface area contributed by atoms with Crippen LogP contribution in [-0.4, -0.2) is 16.0 Å². The first kappa shape index (κ1) is 8.63. The number of nitrogens with zero attached hydrogens (tertiary/aromatic N) is 1. The van der Waals surface area contributed by atoms with Crippen LogP contribution in [-0.2, 0) is 6.54 Å². The first-order valence-electron chi connectivity index (χ1n) is 3.17. The van der Waals surface area contributed by atoms with E-state index in [-0.39, 0.29) is 0 Å². The molecule has 6 heteroatoms. The zero-order valence-electron chi connectivity index (χ0n) is 5.96. The Bertz CT molecular complexity index is 368. The van der Waals surface area contributed by atoms with Crippen LogP contribution >= 0.6 is 0 Å². The lowest BCUT2D eigenvalue weighted by Crippen LogP contribution is -2.30.